The first-order valence-corrected chi connectivity index (χ1v) is 15.5. The van der Waals surface area contributed by atoms with Crippen LogP contribution >= 0.6 is 0 Å². The molecule has 6 aromatic rings. The summed E-state index contributed by atoms with van der Waals surface area (Å²) in [5.41, 5.74) is 6.14. The Hall–Kier alpha value is -5.70. The Bertz CT molecular complexity index is 1950. The quantitative estimate of drug-likeness (QED) is 0.131. The largest absolute Gasteiger partial charge is 0.481 e. The summed E-state index contributed by atoms with van der Waals surface area (Å²) in [6.07, 6.45) is 0.404. The number of carbonyl (C=O) groups is 2. The Morgan fingerprint density at radius 2 is 1.53 bits per heavy atom. The van der Waals surface area contributed by atoms with Crippen LogP contribution in [0.4, 0.5) is 5.69 Å². The smallest absolute Gasteiger partial charge is 0.305 e. The summed E-state index contributed by atoms with van der Waals surface area (Å²) < 4.78 is 12.3. The van der Waals surface area contributed by atoms with Gasteiger partial charge in [-0.1, -0.05) is 75.4 Å². The van der Waals surface area contributed by atoms with Gasteiger partial charge >= 0.3 is 5.97 Å². The molecular weight excluding hydrogens is 592 g/mol. The lowest BCUT2D eigenvalue weighted by Gasteiger charge is -2.18. The molecule has 0 aliphatic rings. The number of carboxylic acids is 1. The second-order valence-electron chi connectivity index (χ2n) is 12.5. The number of hydrogen-bond acceptors (Lipinski definition) is 7. The van der Waals surface area contributed by atoms with Crippen LogP contribution in [0.5, 0.6) is 0 Å². The number of fused-ring (bicyclic) bond motifs is 1. The molecule has 0 aliphatic carbocycles. The molecule has 0 radical (unpaired) electrons. The maximum Gasteiger partial charge on any atom is 0.305 e. The van der Waals surface area contributed by atoms with Gasteiger partial charge in [-0.3, -0.25) is 9.59 Å². The van der Waals surface area contributed by atoms with E-state index in [9.17, 15) is 9.59 Å². The highest BCUT2D eigenvalue weighted by Crippen LogP contribution is 2.31. The normalized spacial score (nSPS) is 12.1. The molecule has 9 heteroatoms. The number of nitrogens with one attached hydrogen (secondary N) is 2. The van der Waals surface area contributed by atoms with Crippen LogP contribution in [0.1, 0.15) is 60.6 Å². The average Bonchev–Trinajstić information content (AvgIpc) is 3.73. The minimum atomic E-state index is -0.967. The molecule has 1 atom stereocenters. The lowest BCUT2D eigenvalue weighted by molar-refractivity contribution is -0.136. The average molecular weight is 629 g/mol. The standard InChI is InChI=1S/C38H36N4O5/c1-38(2,3)29-16-12-27(13-17-29)36-41-42-37(47-36)31(40-30-18-14-26(15-19-30)35(45)39-21-20-34(43)44)22-24-8-10-25(11-9-24)33-23-28-6-4-5-7-32(28)46-33/h4-19,23,31,40H,20-22H2,1-3H3,(H,39,45)(H,43,44). The first kappa shape index (κ1) is 31.3. The van der Waals surface area contributed by atoms with Crippen LogP contribution in [-0.2, 0) is 16.6 Å². The van der Waals surface area contributed by atoms with Gasteiger partial charge in [0.15, 0.2) is 0 Å². The van der Waals surface area contributed by atoms with Gasteiger partial charge in [-0.2, -0.15) is 0 Å². The summed E-state index contributed by atoms with van der Waals surface area (Å²) in [5, 5.41) is 24.8. The van der Waals surface area contributed by atoms with Crippen molar-refractivity contribution in [2.45, 2.75) is 45.1 Å². The molecule has 0 spiro atoms. The van der Waals surface area contributed by atoms with Gasteiger partial charge in [-0.05, 0) is 65.1 Å². The molecule has 1 unspecified atom stereocenters. The zero-order valence-electron chi connectivity index (χ0n) is 26.5. The van der Waals surface area contributed by atoms with E-state index in [4.69, 9.17) is 13.9 Å². The van der Waals surface area contributed by atoms with Gasteiger partial charge < -0.3 is 24.6 Å². The van der Waals surface area contributed by atoms with E-state index < -0.39 is 5.97 Å². The van der Waals surface area contributed by atoms with E-state index in [-0.39, 0.29) is 30.3 Å². The van der Waals surface area contributed by atoms with Gasteiger partial charge in [0.25, 0.3) is 5.91 Å². The van der Waals surface area contributed by atoms with E-state index in [1.807, 2.05) is 54.6 Å². The van der Waals surface area contributed by atoms with Gasteiger partial charge in [-0.25, -0.2) is 0 Å². The molecule has 2 aromatic heterocycles. The van der Waals surface area contributed by atoms with Crippen molar-refractivity contribution in [2.75, 3.05) is 11.9 Å². The molecule has 47 heavy (non-hydrogen) atoms. The highest BCUT2D eigenvalue weighted by molar-refractivity contribution is 5.94. The number of para-hydroxylation sites is 1. The summed E-state index contributed by atoms with van der Waals surface area (Å²) in [6.45, 7) is 6.57. The van der Waals surface area contributed by atoms with Gasteiger partial charge in [0.2, 0.25) is 11.8 Å². The van der Waals surface area contributed by atoms with Crippen LogP contribution in [-0.4, -0.2) is 33.7 Å². The fourth-order valence-electron chi connectivity index (χ4n) is 5.27. The van der Waals surface area contributed by atoms with E-state index in [1.165, 1.54) is 5.56 Å². The number of aliphatic carboxylic acids is 1. The number of furan rings is 1. The van der Waals surface area contributed by atoms with Crippen molar-refractivity contribution >= 4 is 28.5 Å². The SMILES string of the molecule is CC(C)(C)c1ccc(-c2nnc(C(Cc3ccc(-c4cc5ccccc5o4)cc3)Nc3ccc(C(=O)NCCC(=O)O)cc3)o2)cc1. The summed E-state index contributed by atoms with van der Waals surface area (Å²) in [7, 11) is 0. The molecule has 0 bridgehead atoms. The molecule has 1 amide bonds. The zero-order chi connectivity index (χ0) is 33.0. The van der Waals surface area contributed by atoms with Crippen LogP contribution in [0.2, 0.25) is 0 Å². The van der Waals surface area contributed by atoms with Crippen LogP contribution in [0.3, 0.4) is 0 Å². The Kier molecular flexibility index (Phi) is 8.88. The van der Waals surface area contributed by atoms with Gasteiger partial charge in [0, 0.05) is 40.7 Å². The molecule has 3 N–H and O–H groups in total. The van der Waals surface area contributed by atoms with Gasteiger partial charge in [0.1, 0.15) is 17.4 Å². The Labute approximate surface area is 272 Å². The number of nitrogens with zero attached hydrogens (tertiary/aromatic N) is 2. The number of carbonyl (C=O) groups excluding carboxylic acids is 1. The molecule has 4 aromatic carbocycles. The van der Waals surface area contributed by atoms with Crippen LogP contribution in [0.15, 0.2) is 112 Å². The Morgan fingerprint density at radius 3 is 2.21 bits per heavy atom. The molecular formula is C38H36N4O5. The van der Waals surface area contributed by atoms with Crippen molar-refractivity contribution in [1.29, 1.82) is 0 Å². The fraction of sp³-hybridized carbons (Fsp3) is 0.211. The molecule has 0 saturated carbocycles. The third-order valence-corrected chi connectivity index (χ3v) is 7.95. The Balaban J connectivity index is 1.23. The third kappa shape index (κ3) is 7.58. The summed E-state index contributed by atoms with van der Waals surface area (Å²) in [5.74, 6) is 0.361. The molecule has 0 saturated heterocycles. The predicted molar refractivity (Wildman–Crippen MR) is 181 cm³/mol. The number of anilines is 1. The topological polar surface area (TPSA) is 130 Å². The van der Waals surface area contributed by atoms with E-state index >= 15 is 0 Å². The minimum Gasteiger partial charge on any atom is -0.481 e. The number of hydrogen-bond donors (Lipinski definition) is 3. The van der Waals surface area contributed by atoms with E-state index in [0.29, 0.717) is 23.8 Å². The first-order chi connectivity index (χ1) is 22.6. The van der Waals surface area contributed by atoms with Crippen LogP contribution < -0.4 is 10.6 Å². The first-order valence-electron chi connectivity index (χ1n) is 15.5. The van der Waals surface area contributed by atoms with Crippen molar-refractivity contribution in [2.24, 2.45) is 0 Å². The van der Waals surface area contributed by atoms with E-state index in [2.05, 4.69) is 65.9 Å². The number of amides is 1. The van der Waals surface area contributed by atoms with Crippen molar-refractivity contribution in [3.63, 3.8) is 0 Å². The lowest BCUT2D eigenvalue weighted by Crippen LogP contribution is -2.25. The molecule has 6 rings (SSSR count). The van der Waals surface area contributed by atoms with Crippen LogP contribution in [0.25, 0.3) is 33.7 Å². The Morgan fingerprint density at radius 1 is 0.830 bits per heavy atom. The minimum absolute atomic E-state index is 0.0300. The molecule has 2 heterocycles. The third-order valence-electron chi connectivity index (χ3n) is 7.95. The molecule has 0 aliphatic heterocycles. The summed E-state index contributed by atoms with van der Waals surface area (Å²) in [6, 6.07) is 32.9. The fourth-order valence-corrected chi connectivity index (χ4v) is 5.27. The second kappa shape index (κ2) is 13.3. The molecule has 0 fully saturated rings. The highest BCUT2D eigenvalue weighted by Gasteiger charge is 2.22. The monoisotopic (exact) mass is 628 g/mol. The van der Waals surface area contributed by atoms with Crippen molar-refractivity contribution in [3.8, 4) is 22.8 Å². The second-order valence-corrected chi connectivity index (χ2v) is 12.5. The summed E-state index contributed by atoms with van der Waals surface area (Å²) >= 11 is 0. The molecule has 238 valence electrons. The highest BCUT2D eigenvalue weighted by atomic mass is 16.4. The number of aromatic nitrogens is 2. The number of carboxylic acid groups (broad SMARTS) is 1. The van der Waals surface area contributed by atoms with Crippen molar-refractivity contribution in [3.05, 3.63) is 126 Å². The van der Waals surface area contributed by atoms with E-state index in [1.54, 1.807) is 24.3 Å². The number of benzene rings is 4. The van der Waals surface area contributed by atoms with E-state index in [0.717, 1.165) is 39.1 Å². The van der Waals surface area contributed by atoms with Crippen molar-refractivity contribution in [1.82, 2.24) is 15.5 Å². The zero-order valence-corrected chi connectivity index (χ0v) is 26.5. The van der Waals surface area contributed by atoms with Gasteiger partial charge in [-0.15, -0.1) is 10.2 Å². The summed E-state index contributed by atoms with van der Waals surface area (Å²) in [4.78, 5) is 23.2. The maximum atomic E-state index is 12.5. The number of rotatable bonds is 11. The molecule has 9 nitrogen and oxygen atoms in total. The van der Waals surface area contributed by atoms with Crippen molar-refractivity contribution < 1.29 is 23.5 Å². The van der Waals surface area contributed by atoms with Gasteiger partial charge in [0.05, 0.1) is 6.42 Å². The predicted octanol–water partition coefficient (Wildman–Crippen LogP) is 8.05. The lowest BCUT2D eigenvalue weighted by atomic mass is 9.87. The van der Waals surface area contributed by atoms with Crippen LogP contribution in [0, 0.1) is 0 Å². The maximum absolute atomic E-state index is 12.5.